The zero-order valence-corrected chi connectivity index (χ0v) is 20.7. The minimum absolute atomic E-state index is 0.0669. The molecule has 1 aromatic carbocycles. The fraction of sp³-hybridized carbons (Fsp3) is 0.654. The Balaban J connectivity index is 1.55. The predicted molar refractivity (Wildman–Crippen MR) is 128 cm³/mol. The summed E-state index contributed by atoms with van der Waals surface area (Å²) in [6.45, 7) is 11.2. The highest BCUT2D eigenvalue weighted by Gasteiger charge is 2.55. The summed E-state index contributed by atoms with van der Waals surface area (Å²) in [6, 6.07) is 7.37. The number of hydrogen-bond donors (Lipinski definition) is 2. The van der Waals surface area contributed by atoms with E-state index in [0.29, 0.717) is 13.0 Å². The van der Waals surface area contributed by atoms with Gasteiger partial charge in [-0.3, -0.25) is 14.5 Å². The molecule has 180 valence electrons. The van der Waals surface area contributed by atoms with Gasteiger partial charge in [-0.05, 0) is 70.9 Å². The quantitative estimate of drug-likeness (QED) is 0.646. The fourth-order valence-electron chi connectivity index (χ4n) is 6.29. The molecular formula is C26H38N4O3. The first kappa shape index (κ1) is 23.7. The van der Waals surface area contributed by atoms with E-state index in [9.17, 15) is 14.4 Å². The summed E-state index contributed by atoms with van der Waals surface area (Å²) in [5, 5.41) is 6.61. The third kappa shape index (κ3) is 4.39. The normalized spacial score (nSPS) is 25.9. The van der Waals surface area contributed by atoms with Crippen molar-refractivity contribution < 1.29 is 14.4 Å². The minimum Gasteiger partial charge on any atom is -0.338 e. The number of hydrogen-bond acceptors (Lipinski definition) is 4. The SMILES string of the molecule is CCCCN(C(=O)CN1C(=O)NC2(CCc3ccccc32)C1=O)C1CC(C)(C)NC(C)(C)C1. The van der Waals surface area contributed by atoms with Crippen LogP contribution in [0.2, 0.25) is 0 Å². The lowest BCUT2D eigenvalue weighted by molar-refractivity contribution is -0.141. The highest BCUT2D eigenvalue weighted by molar-refractivity contribution is 6.09. The van der Waals surface area contributed by atoms with Gasteiger partial charge in [0.2, 0.25) is 5.91 Å². The number of imide groups is 1. The Labute approximate surface area is 197 Å². The molecule has 2 N–H and O–H groups in total. The van der Waals surface area contributed by atoms with Crippen molar-refractivity contribution in [3.63, 3.8) is 0 Å². The van der Waals surface area contributed by atoms with Crippen LogP contribution in [0.1, 0.15) is 77.8 Å². The zero-order chi connectivity index (χ0) is 24.0. The van der Waals surface area contributed by atoms with E-state index < -0.39 is 11.6 Å². The van der Waals surface area contributed by atoms with E-state index in [-0.39, 0.29) is 35.5 Å². The van der Waals surface area contributed by atoms with Gasteiger partial charge in [0.25, 0.3) is 5.91 Å². The predicted octanol–water partition coefficient (Wildman–Crippen LogP) is 3.32. The van der Waals surface area contributed by atoms with Gasteiger partial charge in [-0.15, -0.1) is 0 Å². The highest BCUT2D eigenvalue weighted by atomic mass is 16.2. The van der Waals surface area contributed by atoms with E-state index in [1.54, 1.807) is 0 Å². The molecule has 33 heavy (non-hydrogen) atoms. The van der Waals surface area contributed by atoms with Gasteiger partial charge >= 0.3 is 6.03 Å². The lowest BCUT2D eigenvalue weighted by atomic mass is 9.79. The average Bonchev–Trinajstić information content (AvgIpc) is 3.19. The van der Waals surface area contributed by atoms with Gasteiger partial charge in [0.1, 0.15) is 12.1 Å². The Morgan fingerprint density at radius 2 is 1.79 bits per heavy atom. The second kappa shape index (κ2) is 8.42. The number of rotatable bonds is 6. The van der Waals surface area contributed by atoms with Crippen LogP contribution in [-0.4, -0.2) is 57.9 Å². The Morgan fingerprint density at radius 1 is 1.12 bits per heavy atom. The van der Waals surface area contributed by atoms with Gasteiger partial charge in [-0.2, -0.15) is 0 Å². The van der Waals surface area contributed by atoms with Gasteiger partial charge in [0, 0.05) is 23.7 Å². The van der Waals surface area contributed by atoms with Crippen molar-refractivity contribution in [2.75, 3.05) is 13.1 Å². The molecule has 1 spiro atoms. The summed E-state index contributed by atoms with van der Waals surface area (Å²) in [7, 11) is 0. The van der Waals surface area contributed by atoms with E-state index in [2.05, 4.69) is 45.3 Å². The molecule has 0 aromatic heterocycles. The molecule has 2 aliphatic heterocycles. The Hall–Kier alpha value is -2.41. The molecule has 7 nitrogen and oxygen atoms in total. The van der Waals surface area contributed by atoms with Crippen LogP contribution in [0.15, 0.2) is 24.3 Å². The molecule has 1 atom stereocenters. The Morgan fingerprint density at radius 3 is 2.45 bits per heavy atom. The smallest absolute Gasteiger partial charge is 0.325 e. The molecule has 4 rings (SSSR count). The molecule has 7 heteroatoms. The Kier molecular flexibility index (Phi) is 6.06. The van der Waals surface area contributed by atoms with Crippen LogP contribution >= 0.6 is 0 Å². The molecule has 4 amide bonds. The average molecular weight is 455 g/mol. The van der Waals surface area contributed by atoms with Gasteiger partial charge in [0.05, 0.1) is 0 Å². The van der Waals surface area contributed by atoms with E-state index in [1.807, 2.05) is 29.2 Å². The highest BCUT2D eigenvalue weighted by Crippen LogP contribution is 2.41. The number of benzene rings is 1. The molecule has 1 unspecified atom stereocenters. The van der Waals surface area contributed by atoms with Gasteiger partial charge in [-0.1, -0.05) is 37.6 Å². The van der Waals surface area contributed by atoms with Crippen molar-refractivity contribution in [3.05, 3.63) is 35.4 Å². The van der Waals surface area contributed by atoms with Gasteiger partial charge in [0.15, 0.2) is 0 Å². The number of amides is 4. The standard InChI is InChI=1S/C26H38N4O3/c1-6-7-14-29(19-15-24(2,3)28-25(4,5)16-19)21(31)17-30-22(32)26(27-23(30)33)13-12-18-10-8-9-11-20(18)26/h8-11,19,28H,6-7,12-17H2,1-5H3,(H,27,33). The fourth-order valence-corrected chi connectivity index (χ4v) is 6.29. The number of carbonyl (C=O) groups is 3. The van der Waals surface area contributed by atoms with Crippen molar-refractivity contribution >= 4 is 17.8 Å². The summed E-state index contributed by atoms with van der Waals surface area (Å²) in [6.07, 6.45) is 4.83. The van der Waals surface area contributed by atoms with Crippen LogP contribution < -0.4 is 10.6 Å². The molecule has 2 fully saturated rings. The molecule has 0 radical (unpaired) electrons. The minimum atomic E-state index is -1.03. The maximum Gasteiger partial charge on any atom is 0.325 e. The van der Waals surface area contributed by atoms with E-state index in [0.717, 1.165) is 48.1 Å². The number of fused-ring (bicyclic) bond motifs is 2. The van der Waals surface area contributed by atoms with E-state index in [1.165, 1.54) is 0 Å². The van der Waals surface area contributed by atoms with Crippen LogP contribution in [0.5, 0.6) is 0 Å². The van der Waals surface area contributed by atoms with Crippen LogP contribution in [-0.2, 0) is 21.5 Å². The van der Waals surface area contributed by atoms with Gasteiger partial charge < -0.3 is 15.5 Å². The number of nitrogens with zero attached hydrogens (tertiary/aromatic N) is 2. The largest absolute Gasteiger partial charge is 0.338 e. The molecule has 0 bridgehead atoms. The molecule has 2 saturated heterocycles. The number of urea groups is 1. The molecular weight excluding hydrogens is 416 g/mol. The van der Waals surface area contributed by atoms with E-state index >= 15 is 0 Å². The van der Waals surface area contributed by atoms with Crippen LogP contribution in [0.4, 0.5) is 4.79 Å². The lowest BCUT2D eigenvalue weighted by Gasteiger charge is -2.49. The van der Waals surface area contributed by atoms with Crippen molar-refractivity contribution in [3.8, 4) is 0 Å². The molecule has 1 aromatic rings. The van der Waals surface area contributed by atoms with Crippen LogP contribution in [0.3, 0.4) is 0 Å². The zero-order valence-electron chi connectivity index (χ0n) is 20.7. The Bertz CT molecular complexity index is 941. The summed E-state index contributed by atoms with van der Waals surface area (Å²) in [4.78, 5) is 43.1. The number of carbonyl (C=O) groups excluding carboxylic acids is 3. The summed E-state index contributed by atoms with van der Waals surface area (Å²) in [5.74, 6) is -0.444. The topological polar surface area (TPSA) is 81.8 Å². The first-order valence-corrected chi connectivity index (χ1v) is 12.3. The summed E-state index contributed by atoms with van der Waals surface area (Å²) in [5.41, 5.74) is 0.720. The number of nitrogens with one attached hydrogen (secondary N) is 2. The molecule has 3 aliphatic rings. The van der Waals surface area contributed by atoms with Crippen LogP contribution in [0.25, 0.3) is 0 Å². The maximum absolute atomic E-state index is 13.6. The molecule has 0 saturated carbocycles. The van der Waals surface area contributed by atoms with E-state index in [4.69, 9.17) is 0 Å². The molecule has 2 heterocycles. The number of piperidine rings is 1. The second-order valence-corrected chi connectivity index (χ2v) is 11.3. The maximum atomic E-state index is 13.6. The lowest BCUT2D eigenvalue weighted by Crippen LogP contribution is -2.63. The van der Waals surface area contributed by atoms with Crippen molar-refractivity contribution in [2.24, 2.45) is 0 Å². The van der Waals surface area contributed by atoms with Crippen molar-refractivity contribution in [2.45, 2.75) is 95.8 Å². The van der Waals surface area contributed by atoms with Gasteiger partial charge in [-0.25, -0.2) is 4.79 Å². The first-order chi connectivity index (χ1) is 15.5. The third-order valence-electron chi connectivity index (χ3n) is 7.40. The van der Waals surface area contributed by atoms with Crippen molar-refractivity contribution in [1.82, 2.24) is 20.4 Å². The third-order valence-corrected chi connectivity index (χ3v) is 7.40. The monoisotopic (exact) mass is 454 g/mol. The summed E-state index contributed by atoms with van der Waals surface area (Å²) < 4.78 is 0. The first-order valence-electron chi connectivity index (χ1n) is 12.3. The number of unbranched alkanes of at least 4 members (excludes halogenated alkanes) is 1. The summed E-state index contributed by atoms with van der Waals surface area (Å²) >= 11 is 0. The molecule has 1 aliphatic carbocycles. The van der Waals surface area contributed by atoms with Crippen LogP contribution in [0, 0.1) is 0 Å². The number of aryl methyl sites for hydroxylation is 1. The van der Waals surface area contributed by atoms with Crippen molar-refractivity contribution in [1.29, 1.82) is 0 Å². The second-order valence-electron chi connectivity index (χ2n) is 11.3.